The molecule has 0 aliphatic rings. The van der Waals surface area contributed by atoms with Gasteiger partial charge in [0.15, 0.2) is 0 Å². The van der Waals surface area contributed by atoms with E-state index in [4.69, 9.17) is 0 Å². The fourth-order valence-electron chi connectivity index (χ4n) is 2.21. The summed E-state index contributed by atoms with van der Waals surface area (Å²) in [5.74, 6) is 0.196. The average Bonchev–Trinajstić information content (AvgIpc) is 2.44. The molecule has 4 heteroatoms. The van der Waals surface area contributed by atoms with Crippen molar-refractivity contribution < 1.29 is 8.42 Å². The fourth-order valence-corrected chi connectivity index (χ4v) is 3.67. The Kier molecular flexibility index (Phi) is 4.78. The SMILES string of the molecule is CCCCS(=O)(=O)NC(C)c1ccc2ccccc2c1. The van der Waals surface area contributed by atoms with Gasteiger partial charge >= 0.3 is 0 Å². The van der Waals surface area contributed by atoms with Crippen LogP contribution in [0.3, 0.4) is 0 Å². The zero-order chi connectivity index (χ0) is 14.6. The van der Waals surface area contributed by atoms with Gasteiger partial charge in [0.05, 0.1) is 5.75 Å². The summed E-state index contributed by atoms with van der Waals surface area (Å²) < 4.78 is 26.6. The van der Waals surface area contributed by atoms with E-state index < -0.39 is 10.0 Å². The van der Waals surface area contributed by atoms with Crippen LogP contribution in [0.5, 0.6) is 0 Å². The highest BCUT2D eigenvalue weighted by Crippen LogP contribution is 2.20. The smallest absolute Gasteiger partial charge is 0.212 e. The summed E-state index contributed by atoms with van der Waals surface area (Å²) in [5, 5.41) is 2.29. The van der Waals surface area contributed by atoms with E-state index in [1.54, 1.807) is 0 Å². The van der Waals surface area contributed by atoms with Crippen molar-refractivity contribution in [2.24, 2.45) is 0 Å². The summed E-state index contributed by atoms with van der Waals surface area (Å²) in [7, 11) is -3.19. The molecule has 2 rings (SSSR count). The van der Waals surface area contributed by atoms with Crippen LogP contribution in [0.1, 0.15) is 38.3 Å². The monoisotopic (exact) mass is 291 g/mol. The molecule has 3 nitrogen and oxygen atoms in total. The molecule has 0 fully saturated rings. The summed E-state index contributed by atoms with van der Waals surface area (Å²) in [4.78, 5) is 0. The standard InChI is InChI=1S/C16H21NO2S/c1-3-4-11-20(18,19)17-13(2)15-10-9-14-7-5-6-8-16(14)12-15/h5-10,12-13,17H,3-4,11H2,1-2H3. The predicted molar refractivity (Wildman–Crippen MR) is 84.2 cm³/mol. The zero-order valence-electron chi connectivity index (χ0n) is 12.0. The number of benzene rings is 2. The molecule has 1 atom stereocenters. The fraction of sp³-hybridized carbons (Fsp3) is 0.375. The lowest BCUT2D eigenvalue weighted by Crippen LogP contribution is -2.29. The van der Waals surface area contributed by atoms with Gasteiger partial charge in [0.2, 0.25) is 10.0 Å². The quantitative estimate of drug-likeness (QED) is 0.883. The summed E-state index contributed by atoms with van der Waals surface area (Å²) in [5.41, 5.74) is 0.990. The molecule has 0 saturated heterocycles. The minimum Gasteiger partial charge on any atom is -0.212 e. The lowest BCUT2D eigenvalue weighted by atomic mass is 10.0. The Labute approximate surface area is 121 Å². The Bertz CT molecular complexity index is 680. The molecule has 0 bridgehead atoms. The summed E-state index contributed by atoms with van der Waals surface area (Å²) in [6.07, 6.45) is 1.57. The molecule has 108 valence electrons. The van der Waals surface area contributed by atoms with E-state index in [2.05, 4.69) is 10.8 Å². The van der Waals surface area contributed by atoms with Crippen molar-refractivity contribution in [1.29, 1.82) is 0 Å². The maximum absolute atomic E-state index is 11.9. The summed E-state index contributed by atoms with van der Waals surface area (Å²) in [6.45, 7) is 3.87. The molecule has 0 heterocycles. The number of hydrogen-bond donors (Lipinski definition) is 1. The molecule has 20 heavy (non-hydrogen) atoms. The highest BCUT2D eigenvalue weighted by Gasteiger charge is 2.15. The first-order valence-electron chi connectivity index (χ1n) is 7.00. The number of unbranched alkanes of at least 4 members (excludes halogenated alkanes) is 1. The van der Waals surface area contributed by atoms with E-state index >= 15 is 0 Å². The number of hydrogen-bond acceptors (Lipinski definition) is 2. The lowest BCUT2D eigenvalue weighted by molar-refractivity contribution is 0.564. The van der Waals surface area contributed by atoms with Crippen LogP contribution in [0.2, 0.25) is 0 Å². The Morgan fingerprint density at radius 3 is 2.50 bits per heavy atom. The van der Waals surface area contributed by atoms with Crippen LogP contribution >= 0.6 is 0 Å². The molecule has 0 radical (unpaired) electrons. The number of fused-ring (bicyclic) bond motifs is 1. The lowest BCUT2D eigenvalue weighted by Gasteiger charge is -2.15. The highest BCUT2D eigenvalue weighted by molar-refractivity contribution is 7.89. The second kappa shape index (κ2) is 6.37. The molecule has 0 aromatic heterocycles. The molecule has 0 aliphatic carbocycles. The molecule has 1 N–H and O–H groups in total. The minimum absolute atomic E-state index is 0.196. The van der Waals surface area contributed by atoms with Crippen molar-refractivity contribution in [2.75, 3.05) is 5.75 Å². The van der Waals surface area contributed by atoms with Gasteiger partial charge in [-0.25, -0.2) is 13.1 Å². The van der Waals surface area contributed by atoms with Crippen molar-refractivity contribution in [1.82, 2.24) is 4.72 Å². The molecule has 0 spiro atoms. The van der Waals surface area contributed by atoms with E-state index in [-0.39, 0.29) is 11.8 Å². The maximum atomic E-state index is 11.9. The minimum atomic E-state index is -3.19. The first-order valence-corrected chi connectivity index (χ1v) is 8.66. The second-order valence-electron chi connectivity index (χ2n) is 5.12. The van der Waals surface area contributed by atoms with Crippen molar-refractivity contribution in [3.8, 4) is 0 Å². The Morgan fingerprint density at radius 1 is 1.10 bits per heavy atom. The van der Waals surface area contributed by atoms with Crippen molar-refractivity contribution in [2.45, 2.75) is 32.7 Å². The van der Waals surface area contributed by atoms with Crippen molar-refractivity contribution in [3.05, 3.63) is 48.0 Å². The van der Waals surface area contributed by atoms with Gasteiger partial charge < -0.3 is 0 Å². The van der Waals surface area contributed by atoms with Gasteiger partial charge in [-0.15, -0.1) is 0 Å². The topological polar surface area (TPSA) is 46.2 Å². The molecule has 0 saturated carbocycles. The Hall–Kier alpha value is -1.39. The number of nitrogens with one attached hydrogen (secondary N) is 1. The molecular formula is C16H21NO2S. The molecule has 2 aromatic carbocycles. The van der Waals surface area contributed by atoms with Gasteiger partial charge in [0, 0.05) is 6.04 Å². The van der Waals surface area contributed by atoms with Gasteiger partial charge in [0.1, 0.15) is 0 Å². The predicted octanol–water partition coefficient (Wildman–Crippen LogP) is 3.62. The van der Waals surface area contributed by atoms with Crippen LogP contribution in [0.15, 0.2) is 42.5 Å². The van der Waals surface area contributed by atoms with Crippen LogP contribution in [-0.2, 0) is 10.0 Å². The van der Waals surface area contributed by atoms with Gasteiger partial charge in [0.25, 0.3) is 0 Å². The van der Waals surface area contributed by atoms with E-state index in [0.717, 1.165) is 22.8 Å². The summed E-state index contributed by atoms with van der Waals surface area (Å²) >= 11 is 0. The van der Waals surface area contributed by atoms with Gasteiger partial charge in [-0.05, 0) is 35.7 Å². The molecule has 0 amide bonds. The van der Waals surface area contributed by atoms with Crippen LogP contribution in [0, 0.1) is 0 Å². The third-order valence-electron chi connectivity index (χ3n) is 3.40. The maximum Gasteiger partial charge on any atom is 0.212 e. The van der Waals surface area contributed by atoms with E-state index in [1.807, 2.05) is 50.2 Å². The van der Waals surface area contributed by atoms with Crippen LogP contribution in [-0.4, -0.2) is 14.2 Å². The normalized spacial score (nSPS) is 13.5. The van der Waals surface area contributed by atoms with E-state index in [9.17, 15) is 8.42 Å². The molecule has 0 aliphatic heterocycles. The van der Waals surface area contributed by atoms with Crippen molar-refractivity contribution >= 4 is 20.8 Å². The molecule has 2 aromatic rings. The Balaban J connectivity index is 2.16. The van der Waals surface area contributed by atoms with Gasteiger partial charge in [-0.3, -0.25) is 0 Å². The summed E-state index contributed by atoms with van der Waals surface area (Å²) in [6, 6.07) is 13.9. The Morgan fingerprint density at radius 2 is 1.80 bits per heavy atom. The van der Waals surface area contributed by atoms with Crippen molar-refractivity contribution in [3.63, 3.8) is 0 Å². The first kappa shape index (κ1) is 15.0. The van der Waals surface area contributed by atoms with E-state index in [0.29, 0.717) is 6.42 Å². The third-order valence-corrected chi connectivity index (χ3v) is 4.94. The molecular weight excluding hydrogens is 270 g/mol. The highest BCUT2D eigenvalue weighted by atomic mass is 32.2. The largest absolute Gasteiger partial charge is 0.212 e. The van der Waals surface area contributed by atoms with Crippen LogP contribution < -0.4 is 4.72 Å². The number of rotatable bonds is 6. The average molecular weight is 291 g/mol. The second-order valence-corrected chi connectivity index (χ2v) is 6.99. The third kappa shape index (κ3) is 3.81. The van der Waals surface area contributed by atoms with Gasteiger partial charge in [-0.1, -0.05) is 49.7 Å². The van der Waals surface area contributed by atoms with Gasteiger partial charge in [-0.2, -0.15) is 0 Å². The van der Waals surface area contributed by atoms with Crippen LogP contribution in [0.25, 0.3) is 10.8 Å². The molecule has 1 unspecified atom stereocenters. The van der Waals surface area contributed by atoms with Crippen LogP contribution in [0.4, 0.5) is 0 Å². The van der Waals surface area contributed by atoms with E-state index in [1.165, 1.54) is 0 Å². The zero-order valence-corrected chi connectivity index (χ0v) is 12.8. The first-order chi connectivity index (χ1) is 9.52. The number of sulfonamides is 1.